The molecule has 1 N–H and O–H groups in total. The van der Waals surface area contributed by atoms with Gasteiger partial charge in [0, 0.05) is 10.8 Å². The predicted octanol–water partition coefficient (Wildman–Crippen LogP) is 3.92. The Balaban J connectivity index is 2.09. The van der Waals surface area contributed by atoms with Crippen LogP contribution in [0.3, 0.4) is 0 Å². The van der Waals surface area contributed by atoms with Crippen molar-refractivity contribution in [2.75, 3.05) is 0 Å². The number of furan rings is 1. The molecule has 0 spiro atoms. The highest BCUT2D eigenvalue weighted by molar-refractivity contribution is 7.13. The standard InChI is InChI=1S/C15H13NO3S/c1-15(2,14(17)18)12-8-20-13(16-12)10-7-19-11-6-4-3-5-9(10)11/h3-8H,1-2H3,(H,17,18). The number of hydrogen-bond acceptors (Lipinski definition) is 4. The SMILES string of the molecule is CC(C)(C(=O)O)c1csc(-c2coc3ccccc23)n1. The fourth-order valence-electron chi connectivity index (χ4n) is 1.94. The average Bonchev–Trinajstić information content (AvgIpc) is 3.04. The Labute approximate surface area is 119 Å². The molecule has 1 aromatic carbocycles. The first kappa shape index (κ1) is 12.9. The molecular formula is C15H13NO3S. The van der Waals surface area contributed by atoms with Crippen LogP contribution in [0.15, 0.2) is 40.3 Å². The zero-order valence-corrected chi connectivity index (χ0v) is 11.9. The van der Waals surface area contributed by atoms with Gasteiger partial charge in [-0.1, -0.05) is 18.2 Å². The van der Waals surface area contributed by atoms with E-state index in [4.69, 9.17) is 4.42 Å². The van der Waals surface area contributed by atoms with Gasteiger partial charge < -0.3 is 9.52 Å². The van der Waals surface area contributed by atoms with Gasteiger partial charge in [-0.3, -0.25) is 4.79 Å². The van der Waals surface area contributed by atoms with Crippen LogP contribution in [0.5, 0.6) is 0 Å². The van der Waals surface area contributed by atoms with Gasteiger partial charge in [-0.2, -0.15) is 0 Å². The van der Waals surface area contributed by atoms with E-state index in [9.17, 15) is 9.90 Å². The fourth-order valence-corrected chi connectivity index (χ4v) is 2.94. The summed E-state index contributed by atoms with van der Waals surface area (Å²) in [6.45, 7) is 3.31. The summed E-state index contributed by atoms with van der Waals surface area (Å²) in [5, 5.41) is 12.8. The van der Waals surface area contributed by atoms with Crippen molar-refractivity contribution < 1.29 is 14.3 Å². The molecule has 0 aliphatic carbocycles. The fraction of sp³-hybridized carbons (Fsp3) is 0.200. The number of hydrogen-bond donors (Lipinski definition) is 1. The van der Waals surface area contributed by atoms with Crippen molar-refractivity contribution >= 4 is 28.3 Å². The molecule has 5 heteroatoms. The quantitative estimate of drug-likeness (QED) is 0.793. The molecule has 0 aliphatic rings. The number of carboxylic acid groups (broad SMARTS) is 1. The van der Waals surface area contributed by atoms with E-state index in [0.717, 1.165) is 21.5 Å². The van der Waals surface area contributed by atoms with Crippen LogP contribution in [0.2, 0.25) is 0 Å². The van der Waals surface area contributed by atoms with Gasteiger partial charge in [0.05, 0.1) is 11.3 Å². The van der Waals surface area contributed by atoms with Gasteiger partial charge in [0.25, 0.3) is 0 Å². The minimum Gasteiger partial charge on any atom is -0.481 e. The lowest BCUT2D eigenvalue weighted by molar-refractivity contribution is -0.142. The largest absolute Gasteiger partial charge is 0.481 e. The third-order valence-electron chi connectivity index (χ3n) is 3.39. The number of aromatic nitrogens is 1. The van der Waals surface area contributed by atoms with Crippen molar-refractivity contribution in [2.24, 2.45) is 0 Å². The zero-order chi connectivity index (χ0) is 14.3. The van der Waals surface area contributed by atoms with Crippen molar-refractivity contribution in [3.63, 3.8) is 0 Å². The van der Waals surface area contributed by atoms with Crippen molar-refractivity contribution in [3.8, 4) is 10.6 Å². The molecule has 3 aromatic rings. The van der Waals surface area contributed by atoms with Crippen LogP contribution in [0.4, 0.5) is 0 Å². The van der Waals surface area contributed by atoms with E-state index in [1.54, 1.807) is 25.5 Å². The van der Waals surface area contributed by atoms with E-state index < -0.39 is 11.4 Å². The van der Waals surface area contributed by atoms with E-state index in [1.165, 1.54) is 11.3 Å². The Bertz CT molecular complexity index is 785. The number of thiazole rings is 1. The summed E-state index contributed by atoms with van der Waals surface area (Å²) in [5.74, 6) is -0.883. The monoisotopic (exact) mass is 287 g/mol. The lowest BCUT2D eigenvalue weighted by atomic mass is 9.90. The highest BCUT2D eigenvalue weighted by Crippen LogP contribution is 2.35. The van der Waals surface area contributed by atoms with Crippen LogP contribution >= 0.6 is 11.3 Å². The van der Waals surface area contributed by atoms with Gasteiger partial charge in [0.1, 0.15) is 22.3 Å². The molecule has 2 heterocycles. The number of rotatable bonds is 3. The summed E-state index contributed by atoms with van der Waals surface area (Å²) in [6.07, 6.45) is 1.67. The maximum atomic E-state index is 11.3. The highest BCUT2D eigenvalue weighted by atomic mass is 32.1. The third-order valence-corrected chi connectivity index (χ3v) is 4.27. The number of nitrogens with zero attached hydrogens (tertiary/aromatic N) is 1. The number of para-hydroxylation sites is 1. The Morgan fingerprint density at radius 3 is 2.85 bits per heavy atom. The Hall–Kier alpha value is -2.14. The molecule has 0 radical (unpaired) electrons. The van der Waals surface area contributed by atoms with E-state index >= 15 is 0 Å². The summed E-state index contributed by atoms with van der Waals surface area (Å²) in [6, 6.07) is 7.72. The second kappa shape index (κ2) is 4.45. The van der Waals surface area contributed by atoms with Crippen LogP contribution in [-0.4, -0.2) is 16.1 Å². The Kier molecular flexibility index (Phi) is 2.87. The average molecular weight is 287 g/mol. The van der Waals surface area contributed by atoms with Gasteiger partial charge in [-0.25, -0.2) is 4.98 Å². The number of carbonyl (C=O) groups is 1. The number of benzene rings is 1. The van der Waals surface area contributed by atoms with Gasteiger partial charge >= 0.3 is 5.97 Å². The van der Waals surface area contributed by atoms with Crippen molar-refractivity contribution in [1.82, 2.24) is 4.98 Å². The molecule has 0 bridgehead atoms. The molecule has 0 amide bonds. The predicted molar refractivity (Wildman–Crippen MR) is 78.0 cm³/mol. The van der Waals surface area contributed by atoms with Gasteiger partial charge in [-0.15, -0.1) is 11.3 Å². The number of carboxylic acids is 1. The van der Waals surface area contributed by atoms with Crippen molar-refractivity contribution in [3.05, 3.63) is 41.6 Å². The highest BCUT2D eigenvalue weighted by Gasteiger charge is 2.32. The smallest absolute Gasteiger partial charge is 0.315 e. The van der Waals surface area contributed by atoms with Gasteiger partial charge in [0.15, 0.2) is 0 Å². The van der Waals surface area contributed by atoms with E-state index in [1.807, 2.05) is 24.3 Å². The van der Waals surface area contributed by atoms with Crippen molar-refractivity contribution in [1.29, 1.82) is 0 Å². The topological polar surface area (TPSA) is 63.3 Å². The molecule has 102 valence electrons. The lowest BCUT2D eigenvalue weighted by Gasteiger charge is -2.15. The maximum absolute atomic E-state index is 11.3. The first-order valence-electron chi connectivity index (χ1n) is 6.16. The minimum absolute atomic E-state index is 0.565. The van der Waals surface area contributed by atoms with Crippen LogP contribution in [0, 0.1) is 0 Å². The molecule has 0 unspecified atom stereocenters. The molecule has 4 nitrogen and oxygen atoms in total. The molecule has 3 rings (SSSR count). The zero-order valence-electron chi connectivity index (χ0n) is 11.1. The molecule has 0 atom stereocenters. The van der Waals surface area contributed by atoms with Crippen LogP contribution in [0.25, 0.3) is 21.5 Å². The first-order valence-corrected chi connectivity index (χ1v) is 7.04. The van der Waals surface area contributed by atoms with Crippen LogP contribution in [0.1, 0.15) is 19.5 Å². The van der Waals surface area contributed by atoms with E-state index in [2.05, 4.69) is 4.98 Å². The normalized spacial score (nSPS) is 11.9. The Morgan fingerprint density at radius 1 is 1.35 bits per heavy atom. The second-order valence-corrected chi connectivity index (χ2v) is 5.97. The Morgan fingerprint density at radius 2 is 2.10 bits per heavy atom. The minimum atomic E-state index is -0.992. The summed E-state index contributed by atoms with van der Waals surface area (Å²) in [4.78, 5) is 15.7. The van der Waals surface area contributed by atoms with E-state index in [0.29, 0.717) is 5.69 Å². The maximum Gasteiger partial charge on any atom is 0.315 e. The molecule has 20 heavy (non-hydrogen) atoms. The van der Waals surface area contributed by atoms with Crippen LogP contribution < -0.4 is 0 Å². The molecule has 0 saturated carbocycles. The summed E-state index contributed by atoms with van der Waals surface area (Å²) in [7, 11) is 0. The second-order valence-electron chi connectivity index (χ2n) is 5.11. The van der Waals surface area contributed by atoms with Gasteiger partial charge in [-0.05, 0) is 19.9 Å². The molecular weight excluding hydrogens is 274 g/mol. The number of aliphatic carboxylic acids is 1. The molecule has 0 fully saturated rings. The summed E-state index contributed by atoms with van der Waals surface area (Å²) in [5.41, 5.74) is 1.28. The molecule has 0 aliphatic heterocycles. The lowest BCUT2D eigenvalue weighted by Crippen LogP contribution is -2.28. The molecule has 2 aromatic heterocycles. The third kappa shape index (κ3) is 1.91. The summed E-state index contributed by atoms with van der Waals surface area (Å²) >= 11 is 1.43. The first-order chi connectivity index (χ1) is 9.50. The van der Waals surface area contributed by atoms with Crippen LogP contribution in [-0.2, 0) is 10.2 Å². The summed E-state index contributed by atoms with van der Waals surface area (Å²) < 4.78 is 5.50. The van der Waals surface area contributed by atoms with Crippen molar-refractivity contribution in [2.45, 2.75) is 19.3 Å². The number of fused-ring (bicyclic) bond motifs is 1. The van der Waals surface area contributed by atoms with E-state index in [-0.39, 0.29) is 0 Å². The molecule has 0 saturated heterocycles. The van der Waals surface area contributed by atoms with Gasteiger partial charge in [0.2, 0.25) is 0 Å².